The van der Waals surface area contributed by atoms with Gasteiger partial charge in [0.1, 0.15) is 0 Å². The Bertz CT molecular complexity index is 309. The molecule has 1 aliphatic rings. The van der Waals surface area contributed by atoms with Gasteiger partial charge in [0.25, 0.3) is 0 Å². The van der Waals surface area contributed by atoms with E-state index in [0.717, 1.165) is 0 Å². The fourth-order valence-electron chi connectivity index (χ4n) is 1.34. The van der Waals surface area contributed by atoms with E-state index in [9.17, 15) is 9.59 Å². The zero-order valence-corrected chi connectivity index (χ0v) is 12.5. The Morgan fingerprint density at radius 2 is 1.33 bits per heavy atom. The summed E-state index contributed by atoms with van der Waals surface area (Å²) in [7, 11) is 0. The maximum absolute atomic E-state index is 12.0. The number of hydrogen-bond donors (Lipinski definition) is 0. The van der Waals surface area contributed by atoms with E-state index in [4.69, 9.17) is 9.47 Å². The quantitative estimate of drug-likeness (QED) is 0.573. The maximum Gasteiger partial charge on any atom is 0.322 e. The Hall–Kier alpha value is -0.620. The summed E-state index contributed by atoms with van der Waals surface area (Å²) in [6, 6.07) is 0. The van der Waals surface area contributed by atoms with Crippen LogP contribution in [-0.2, 0) is 19.1 Å². The van der Waals surface area contributed by atoms with Gasteiger partial charge in [-0.3, -0.25) is 9.59 Å². The van der Waals surface area contributed by atoms with Gasteiger partial charge in [-0.05, 0) is 38.5 Å². The van der Waals surface area contributed by atoms with Crippen molar-refractivity contribution in [3.05, 3.63) is 10.8 Å². The second-order valence-corrected chi connectivity index (χ2v) is 6.76. The Morgan fingerprint density at radius 3 is 1.67 bits per heavy atom. The van der Waals surface area contributed by atoms with Gasteiger partial charge in [0, 0.05) is 0 Å². The molecule has 0 fully saturated rings. The topological polar surface area (TPSA) is 52.6 Å². The predicted molar refractivity (Wildman–Crippen MR) is 74.1 cm³/mol. The molecule has 1 rings (SSSR count). The molecule has 0 amide bonds. The van der Waals surface area contributed by atoms with Gasteiger partial charge in [-0.1, -0.05) is 0 Å². The molecule has 102 valence electrons. The summed E-state index contributed by atoms with van der Waals surface area (Å²) < 4.78 is 10.1. The summed E-state index contributed by atoms with van der Waals surface area (Å²) in [5.74, 6) is -1.89. The van der Waals surface area contributed by atoms with Crippen LogP contribution in [0.3, 0.4) is 0 Å². The van der Waals surface area contributed by atoms with Crippen molar-refractivity contribution >= 4 is 35.5 Å². The number of carbonyl (C=O) groups is 2. The minimum absolute atomic E-state index is 0.192. The van der Waals surface area contributed by atoms with Gasteiger partial charge >= 0.3 is 11.9 Å². The van der Waals surface area contributed by atoms with Crippen LogP contribution in [0.2, 0.25) is 0 Å². The van der Waals surface area contributed by atoms with E-state index in [1.165, 1.54) is 23.5 Å². The molecule has 4 nitrogen and oxygen atoms in total. The molecule has 0 spiro atoms. The van der Waals surface area contributed by atoms with Crippen molar-refractivity contribution in [2.45, 2.75) is 44.5 Å². The van der Waals surface area contributed by atoms with Crippen LogP contribution in [0.1, 0.15) is 27.7 Å². The SMILES string of the molecule is CC(C)OC(=O)C(C(=O)OC(C)C)C1SC=CS1. The monoisotopic (exact) mass is 290 g/mol. The van der Waals surface area contributed by atoms with Crippen molar-refractivity contribution in [2.24, 2.45) is 5.92 Å². The normalized spacial score (nSPS) is 15.7. The molecule has 1 aliphatic heterocycles. The molecule has 0 bridgehead atoms. The van der Waals surface area contributed by atoms with E-state index in [1.54, 1.807) is 27.7 Å². The minimum atomic E-state index is -0.875. The molecular weight excluding hydrogens is 272 g/mol. The molecule has 0 unspecified atom stereocenters. The third kappa shape index (κ3) is 4.57. The van der Waals surface area contributed by atoms with Gasteiger partial charge in [-0.15, -0.1) is 23.5 Å². The van der Waals surface area contributed by atoms with Crippen LogP contribution in [0.25, 0.3) is 0 Å². The number of rotatable bonds is 5. The van der Waals surface area contributed by atoms with Crippen LogP contribution in [0.4, 0.5) is 0 Å². The number of esters is 2. The fraction of sp³-hybridized carbons (Fsp3) is 0.667. The number of ether oxygens (including phenoxy) is 2. The van der Waals surface area contributed by atoms with Gasteiger partial charge in [0.2, 0.25) is 0 Å². The lowest BCUT2D eigenvalue weighted by atomic mass is 10.2. The van der Waals surface area contributed by atoms with E-state index in [0.29, 0.717) is 0 Å². The highest BCUT2D eigenvalue weighted by molar-refractivity contribution is 8.22. The second-order valence-electron chi connectivity index (χ2n) is 4.36. The van der Waals surface area contributed by atoms with Gasteiger partial charge in [-0.2, -0.15) is 0 Å². The van der Waals surface area contributed by atoms with Gasteiger partial charge in [-0.25, -0.2) is 0 Å². The van der Waals surface area contributed by atoms with Crippen molar-refractivity contribution in [3.8, 4) is 0 Å². The summed E-state index contributed by atoms with van der Waals surface area (Å²) >= 11 is 2.88. The zero-order chi connectivity index (χ0) is 13.7. The lowest BCUT2D eigenvalue weighted by Gasteiger charge is -2.21. The van der Waals surface area contributed by atoms with E-state index >= 15 is 0 Å². The van der Waals surface area contributed by atoms with Gasteiger partial charge in [0.05, 0.1) is 16.8 Å². The van der Waals surface area contributed by atoms with Crippen molar-refractivity contribution < 1.29 is 19.1 Å². The van der Waals surface area contributed by atoms with Crippen LogP contribution in [0.5, 0.6) is 0 Å². The van der Waals surface area contributed by atoms with Crippen LogP contribution in [0.15, 0.2) is 10.8 Å². The Morgan fingerprint density at radius 1 is 0.944 bits per heavy atom. The largest absolute Gasteiger partial charge is 0.462 e. The Balaban J connectivity index is 2.74. The Kier molecular flexibility index (Phi) is 6.08. The first-order chi connectivity index (χ1) is 8.41. The molecule has 0 aliphatic carbocycles. The first kappa shape index (κ1) is 15.4. The highest BCUT2D eigenvalue weighted by atomic mass is 32.2. The van der Waals surface area contributed by atoms with Crippen LogP contribution < -0.4 is 0 Å². The third-order valence-corrected chi connectivity index (χ3v) is 4.47. The van der Waals surface area contributed by atoms with Crippen LogP contribution >= 0.6 is 23.5 Å². The van der Waals surface area contributed by atoms with Gasteiger partial charge < -0.3 is 9.47 Å². The highest BCUT2D eigenvalue weighted by Crippen LogP contribution is 2.39. The van der Waals surface area contributed by atoms with Crippen molar-refractivity contribution in [3.63, 3.8) is 0 Å². The van der Waals surface area contributed by atoms with Gasteiger partial charge in [0.15, 0.2) is 5.92 Å². The molecule has 0 saturated heterocycles. The smallest absolute Gasteiger partial charge is 0.322 e. The van der Waals surface area contributed by atoms with Crippen molar-refractivity contribution in [1.29, 1.82) is 0 Å². The molecule has 0 atom stereocenters. The minimum Gasteiger partial charge on any atom is -0.462 e. The zero-order valence-electron chi connectivity index (χ0n) is 10.9. The molecule has 0 radical (unpaired) electrons. The maximum atomic E-state index is 12.0. The fourth-order valence-corrected chi connectivity index (χ4v) is 3.56. The summed E-state index contributed by atoms with van der Waals surface area (Å²) in [5, 5.41) is 3.74. The average Bonchev–Trinajstić information content (AvgIpc) is 2.68. The van der Waals surface area contributed by atoms with E-state index < -0.39 is 17.9 Å². The van der Waals surface area contributed by atoms with Crippen molar-refractivity contribution in [2.75, 3.05) is 0 Å². The van der Waals surface area contributed by atoms with Crippen LogP contribution in [-0.4, -0.2) is 28.7 Å². The molecule has 18 heavy (non-hydrogen) atoms. The summed E-state index contributed by atoms with van der Waals surface area (Å²) in [5.41, 5.74) is 0. The number of thioether (sulfide) groups is 2. The first-order valence-electron chi connectivity index (χ1n) is 5.78. The van der Waals surface area contributed by atoms with Crippen molar-refractivity contribution in [1.82, 2.24) is 0 Å². The number of hydrogen-bond acceptors (Lipinski definition) is 6. The predicted octanol–water partition coefficient (Wildman–Crippen LogP) is 2.78. The molecular formula is C12H18O4S2. The highest BCUT2D eigenvalue weighted by Gasteiger charge is 2.39. The second kappa shape index (κ2) is 7.09. The average molecular weight is 290 g/mol. The van der Waals surface area contributed by atoms with Crippen LogP contribution in [0, 0.1) is 5.92 Å². The molecule has 0 saturated carbocycles. The summed E-state index contributed by atoms with van der Waals surface area (Å²) in [6.45, 7) is 7.04. The molecule has 0 aromatic carbocycles. The lowest BCUT2D eigenvalue weighted by Crippen LogP contribution is -2.36. The first-order valence-corrected chi connectivity index (χ1v) is 7.67. The third-order valence-electron chi connectivity index (χ3n) is 1.96. The molecule has 6 heteroatoms. The van der Waals surface area contributed by atoms with E-state index in [1.807, 2.05) is 10.8 Å². The standard InChI is InChI=1S/C12H18O4S2/c1-7(2)15-10(13)9(11(14)16-8(3)4)12-17-5-6-18-12/h5-9,12H,1-4H3. The van der Waals surface area contributed by atoms with E-state index in [-0.39, 0.29) is 16.8 Å². The number of carbonyl (C=O) groups excluding carboxylic acids is 2. The van der Waals surface area contributed by atoms with E-state index in [2.05, 4.69) is 0 Å². The molecule has 1 heterocycles. The molecule has 0 N–H and O–H groups in total. The molecule has 0 aromatic heterocycles. The molecule has 0 aromatic rings. The Labute approximate surface area is 116 Å². The summed E-state index contributed by atoms with van der Waals surface area (Å²) in [6.07, 6.45) is -0.479. The lowest BCUT2D eigenvalue weighted by molar-refractivity contribution is -0.165. The summed E-state index contributed by atoms with van der Waals surface area (Å²) in [4.78, 5) is 24.0.